The fourth-order valence-electron chi connectivity index (χ4n) is 3.20. The molecule has 4 aromatic rings. The van der Waals surface area contributed by atoms with Gasteiger partial charge in [0.1, 0.15) is 5.01 Å². The monoisotopic (exact) mass is 440 g/mol. The molecule has 0 radical (unpaired) electrons. The summed E-state index contributed by atoms with van der Waals surface area (Å²) in [5.74, 6) is 1.78. The number of thiazole rings is 1. The summed E-state index contributed by atoms with van der Waals surface area (Å²) in [6, 6.07) is 8.41. The SMILES string of the molecule is CCCn1c(SCc2csc(-c3ccccc3C)n2)nnc1-c1csc(C)c1C. The van der Waals surface area contributed by atoms with E-state index in [1.807, 2.05) is 0 Å². The van der Waals surface area contributed by atoms with E-state index in [9.17, 15) is 0 Å². The summed E-state index contributed by atoms with van der Waals surface area (Å²) in [6.45, 7) is 9.58. The van der Waals surface area contributed by atoms with Gasteiger partial charge in [-0.1, -0.05) is 43.0 Å². The van der Waals surface area contributed by atoms with Crippen LogP contribution >= 0.6 is 34.4 Å². The van der Waals surface area contributed by atoms with Gasteiger partial charge in [0.2, 0.25) is 0 Å². The van der Waals surface area contributed by atoms with Crippen LogP contribution in [0.4, 0.5) is 0 Å². The third-order valence-electron chi connectivity index (χ3n) is 4.97. The number of nitrogens with zero attached hydrogens (tertiary/aromatic N) is 4. The van der Waals surface area contributed by atoms with E-state index in [1.54, 1.807) is 34.4 Å². The van der Waals surface area contributed by atoms with Crippen LogP contribution in [-0.2, 0) is 12.3 Å². The molecule has 0 aliphatic carbocycles. The lowest BCUT2D eigenvalue weighted by molar-refractivity contribution is 0.626. The van der Waals surface area contributed by atoms with Crippen LogP contribution in [0.25, 0.3) is 22.0 Å². The van der Waals surface area contributed by atoms with E-state index in [0.29, 0.717) is 0 Å². The van der Waals surface area contributed by atoms with E-state index in [-0.39, 0.29) is 0 Å². The van der Waals surface area contributed by atoms with Crippen LogP contribution in [0.1, 0.15) is 35.0 Å². The Hall–Kier alpha value is -1.96. The van der Waals surface area contributed by atoms with Crippen LogP contribution in [0.3, 0.4) is 0 Å². The Balaban J connectivity index is 1.55. The number of thioether (sulfide) groups is 1. The maximum absolute atomic E-state index is 4.86. The number of hydrogen-bond donors (Lipinski definition) is 0. The van der Waals surface area contributed by atoms with Crippen molar-refractivity contribution in [2.45, 2.75) is 51.6 Å². The highest BCUT2D eigenvalue weighted by atomic mass is 32.2. The topological polar surface area (TPSA) is 43.6 Å². The Morgan fingerprint density at radius 3 is 2.55 bits per heavy atom. The molecule has 7 heteroatoms. The molecule has 150 valence electrons. The second-order valence-electron chi connectivity index (χ2n) is 7.04. The number of thiophene rings is 1. The normalized spacial score (nSPS) is 11.3. The average Bonchev–Trinajstić information content (AvgIpc) is 3.42. The van der Waals surface area contributed by atoms with Gasteiger partial charge in [0.15, 0.2) is 11.0 Å². The van der Waals surface area contributed by atoms with Crippen LogP contribution in [0, 0.1) is 20.8 Å². The van der Waals surface area contributed by atoms with Gasteiger partial charge in [-0.3, -0.25) is 0 Å². The molecule has 0 saturated heterocycles. The predicted octanol–water partition coefficient (Wildman–Crippen LogP) is 6.76. The number of rotatable bonds is 7. The molecule has 0 aliphatic heterocycles. The van der Waals surface area contributed by atoms with E-state index in [0.717, 1.165) is 40.4 Å². The lowest BCUT2D eigenvalue weighted by Crippen LogP contribution is -2.02. The van der Waals surface area contributed by atoms with Crippen molar-refractivity contribution < 1.29 is 0 Å². The van der Waals surface area contributed by atoms with Crippen molar-refractivity contribution in [3.63, 3.8) is 0 Å². The molecule has 0 N–H and O–H groups in total. The van der Waals surface area contributed by atoms with E-state index >= 15 is 0 Å². The fourth-order valence-corrected chi connectivity index (χ4v) is 5.94. The Bertz CT molecular complexity index is 1120. The van der Waals surface area contributed by atoms with Crippen molar-refractivity contribution in [2.24, 2.45) is 0 Å². The van der Waals surface area contributed by atoms with Crippen LogP contribution in [-0.4, -0.2) is 19.7 Å². The maximum atomic E-state index is 4.86. The van der Waals surface area contributed by atoms with Crippen molar-refractivity contribution in [3.05, 3.63) is 56.7 Å². The molecule has 0 fully saturated rings. The minimum Gasteiger partial charge on any atom is -0.302 e. The Labute approximate surface area is 184 Å². The Kier molecular flexibility index (Phi) is 6.18. The molecule has 3 heterocycles. The zero-order valence-electron chi connectivity index (χ0n) is 17.1. The van der Waals surface area contributed by atoms with E-state index in [2.05, 4.69) is 77.5 Å². The third kappa shape index (κ3) is 4.17. The van der Waals surface area contributed by atoms with Crippen molar-refractivity contribution in [2.75, 3.05) is 0 Å². The molecule has 3 aromatic heterocycles. The third-order valence-corrected chi connectivity index (χ3v) is 7.91. The first-order valence-electron chi connectivity index (χ1n) is 9.70. The minimum atomic E-state index is 0.797. The van der Waals surface area contributed by atoms with Crippen LogP contribution in [0.2, 0.25) is 0 Å². The molecular weight excluding hydrogens is 416 g/mol. The molecule has 0 unspecified atom stereocenters. The zero-order valence-corrected chi connectivity index (χ0v) is 19.5. The first-order valence-corrected chi connectivity index (χ1v) is 12.4. The largest absolute Gasteiger partial charge is 0.302 e. The zero-order chi connectivity index (χ0) is 20.4. The van der Waals surface area contributed by atoms with E-state index < -0.39 is 0 Å². The van der Waals surface area contributed by atoms with Crippen LogP contribution in [0.15, 0.2) is 40.2 Å². The summed E-state index contributed by atoms with van der Waals surface area (Å²) in [5.41, 5.74) is 6.08. The molecule has 0 aliphatic rings. The highest BCUT2D eigenvalue weighted by Crippen LogP contribution is 2.33. The van der Waals surface area contributed by atoms with Crippen LogP contribution < -0.4 is 0 Å². The number of hydrogen-bond acceptors (Lipinski definition) is 6. The summed E-state index contributed by atoms with van der Waals surface area (Å²) in [4.78, 5) is 6.20. The molecule has 0 amide bonds. The first kappa shape index (κ1) is 20.3. The van der Waals surface area contributed by atoms with E-state index in [1.165, 1.54) is 27.1 Å². The summed E-state index contributed by atoms with van der Waals surface area (Å²) >= 11 is 5.20. The van der Waals surface area contributed by atoms with Gasteiger partial charge in [-0.25, -0.2) is 4.98 Å². The summed E-state index contributed by atoms with van der Waals surface area (Å²) in [7, 11) is 0. The molecule has 0 spiro atoms. The molecule has 0 bridgehead atoms. The van der Waals surface area contributed by atoms with Crippen molar-refractivity contribution in [1.82, 2.24) is 19.7 Å². The summed E-state index contributed by atoms with van der Waals surface area (Å²) in [6.07, 6.45) is 1.05. The molecule has 4 rings (SSSR count). The van der Waals surface area contributed by atoms with Gasteiger partial charge in [-0.05, 0) is 38.3 Å². The number of benzene rings is 1. The average molecular weight is 441 g/mol. The van der Waals surface area contributed by atoms with Gasteiger partial charge < -0.3 is 4.57 Å². The maximum Gasteiger partial charge on any atom is 0.191 e. The smallest absolute Gasteiger partial charge is 0.191 e. The standard InChI is InChI=1S/C22H24N4S3/c1-5-10-26-20(19-13-27-16(4)15(19)3)24-25-22(26)29-12-17-11-28-21(23-17)18-9-7-6-8-14(18)2/h6-9,11,13H,5,10,12H2,1-4H3. The predicted molar refractivity (Wildman–Crippen MR) is 125 cm³/mol. The van der Waals surface area contributed by atoms with Crippen molar-refractivity contribution in [3.8, 4) is 22.0 Å². The van der Waals surface area contributed by atoms with Crippen LogP contribution in [0.5, 0.6) is 0 Å². The Morgan fingerprint density at radius 1 is 1.00 bits per heavy atom. The van der Waals surface area contributed by atoms with Crippen molar-refractivity contribution in [1.29, 1.82) is 0 Å². The molecule has 29 heavy (non-hydrogen) atoms. The highest BCUT2D eigenvalue weighted by Gasteiger charge is 2.18. The fraction of sp³-hybridized carbons (Fsp3) is 0.318. The van der Waals surface area contributed by atoms with Crippen molar-refractivity contribution >= 4 is 34.4 Å². The molecule has 4 nitrogen and oxygen atoms in total. The molecule has 1 aromatic carbocycles. The van der Waals surface area contributed by atoms with E-state index in [4.69, 9.17) is 4.98 Å². The van der Waals surface area contributed by atoms with Gasteiger partial charge in [0.05, 0.1) is 5.69 Å². The van der Waals surface area contributed by atoms with Gasteiger partial charge in [-0.15, -0.1) is 32.9 Å². The quantitative estimate of drug-likeness (QED) is 0.298. The second-order valence-corrected chi connectivity index (χ2v) is 9.92. The second kappa shape index (κ2) is 8.81. The molecular formula is C22H24N4S3. The Morgan fingerprint density at radius 2 is 1.83 bits per heavy atom. The van der Waals surface area contributed by atoms with Gasteiger partial charge in [-0.2, -0.15) is 0 Å². The summed E-state index contributed by atoms with van der Waals surface area (Å²) in [5, 5.41) is 15.5. The highest BCUT2D eigenvalue weighted by molar-refractivity contribution is 7.98. The molecule has 0 atom stereocenters. The van der Waals surface area contributed by atoms with Gasteiger partial charge in [0, 0.05) is 39.1 Å². The van der Waals surface area contributed by atoms with Gasteiger partial charge >= 0.3 is 0 Å². The number of aryl methyl sites for hydroxylation is 2. The first-order chi connectivity index (χ1) is 14.1. The lowest BCUT2D eigenvalue weighted by Gasteiger charge is -2.08. The summed E-state index contributed by atoms with van der Waals surface area (Å²) < 4.78 is 2.26. The van der Waals surface area contributed by atoms with Gasteiger partial charge in [0.25, 0.3) is 0 Å². The number of aromatic nitrogens is 4. The lowest BCUT2D eigenvalue weighted by atomic mass is 10.1. The minimum absolute atomic E-state index is 0.797. The molecule has 0 saturated carbocycles.